The van der Waals surface area contributed by atoms with E-state index in [1.807, 2.05) is 0 Å². The van der Waals surface area contributed by atoms with Gasteiger partial charge in [-0.15, -0.1) is 0 Å². The van der Waals surface area contributed by atoms with E-state index in [0.29, 0.717) is 24.4 Å². The Bertz CT molecular complexity index is 862. The predicted molar refractivity (Wildman–Crippen MR) is 91.6 cm³/mol. The Morgan fingerprint density at radius 1 is 1.24 bits per heavy atom. The number of nitrogens with zero attached hydrogens (tertiary/aromatic N) is 2. The number of carbonyl (C=O) groups excluding carboxylic acids is 1. The normalized spacial score (nSPS) is 17.2. The summed E-state index contributed by atoms with van der Waals surface area (Å²) in [6.45, 7) is 2.33. The number of carbonyl (C=O) groups is 1. The standard InChI is InChI=1S/C16H18N4O4S/c1-11-8-9-17-16(18-11)20-25(22,23)13-6-4-12(5-7-13)19-15(21)14-3-2-10-24-14/h4-9,14H,2-3,10H2,1H3,(H,19,21)(H,17,18,20)/t14-/m0/s1. The maximum atomic E-state index is 12.4. The molecule has 1 saturated heterocycles. The molecular weight excluding hydrogens is 344 g/mol. The summed E-state index contributed by atoms with van der Waals surface area (Å²) in [7, 11) is -3.80. The van der Waals surface area contributed by atoms with Crippen molar-refractivity contribution in [3.05, 3.63) is 42.2 Å². The van der Waals surface area contributed by atoms with E-state index in [4.69, 9.17) is 4.74 Å². The van der Waals surface area contributed by atoms with Crippen LogP contribution < -0.4 is 10.0 Å². The minimum atomic E-state index is -3.80. The van der Waals surface area contributed by atoms with E-state index in [1.165, 1.54) is 30.5 Å². The Morgan fingerprint density at radius 3 is 2.64 bits per heavy atom. The summed E-state index contributed by atoms with van der Waals surface area (Å²) in [5, 5.41) is 2.72. The van der Waals surface area contributed by atoms with Crippen LogP contribution in [0.5, 0.6) is 0 Å². The molecule has 0 unspecified atom stereocenters. The molecule has 1 atom stereocenters. The van der Waals surface area contributed by atoms with Gasteiger partial charge in [-0.3, -0.25) is 4.79 Å². The highest BCUT2D eigenvalue weighted by molar-refractivity contribution is 7.92. The van der Waals surface area contributed by atoms with E-state index in [9.17, 15) is 13.2 Å². The van der Waals surface area contributed by atoms with Crippen molar-refractivity contribution in [2.75, 3.05) is 16.6 Å². The lowest BCUT2D eigenvalue weighted by Crippen LogP contribution is -2.26. The van der Waals surface area contributed by atoms with Crippen molar-refractivity contribution in [1.29, 1.82) is 0 Å². The SMILES string of the molecule is Cc1ccnc(NS(=O)(=O)c2ccc(NC(=O)[C@@H]3CCCO3)cc2)n1. The van der Waals surface area contributed by atoms with Crippen LogP contribution in [0.2, 0.25) is 0 Å². The lowest BCUT2D eigenvalue weighted by Gasteiger charge is -2.11. The number of anilines is 2. The molecule has 0 radical (unpaired) electrons. The van der Waals surface area contributed by atoms with Gasteiger partial charge in [-0.25, -0.2) is 23.1 Å². The van der Waals surface area contributed by atoms with Crippen LogP contribution in [0.15, 0.2) is 41.4 Å². The van der Waals surface area contributed by atoms with Gasteiger partial charge in [-0.1, -0.05) is 0 Å². The van der Waals surface area contributed by atoms with Crippen LogP contribution in [0.1, 0.15) is 18.5 Å². The zero-order valence-electron chi connectivity index (χ0n) is 13.6. The number of benzene rings is 1. The van der Waals surface area contributed by atoms with E-state index >= 15 is 0 Å². The third-order valence-corrected chi connectivity index (χ3v) is 5.02. The Kier molecular flexibility index (Phi) is 4.95. The fourth-order valence-electron chi connectivity index (χ4n) is 2.40. The molecule has 9 heteroatoms. The number of hydrogen-bond acceptors (Lipinski definition) is 6. The molecule has 132 valence electrons. The zero-order valence-corrected chi connectivity index (χ0v) is 14.4. The zero-order chi connectivity index (χ0) is 17.9. The molecule has 0 spiro atoms. The lowest BCUT2D eigenvalue weighted by atomic mass is 10.2. The van der Waals surface area contributed by atoms with Crippen LogP contribution in [-0.2, 0) is 19.6 Å². The number of sulfonamides is 1. The number of rotatable bonds is 5. The predicted octanol–water partition coefficient (Wildman–Crippen LogP) is 1.70. The highest BCUT2D eigenvalue weighted by Gasteiger charge is 2.23. The second-order valence-electron chi connectivity index (χ2n) is 5.64. The number of hydrogen-bond donors (Lipinski definition) is 2. The van der Waals surface area contributed by atoms with Gasteiger partial charge in [-0.2, -0.15) is 0 Å². The fourth-order valence-corrected chi connectivity index (χ4v) is 3.35. The van der Waals surface area contributed by atoms with E-state index < -0.39 is 16.1 Å². The smallest absolute Gasteiger partial charge is 0.264 e. The van der Waals surface area contributed by atoms with Crippen molar-refractivity contribution in [2.45, 2.75) is 30.8 Å². The highest BCUT2D eigenvalue weighted by atomic mass is 32.2. The summed E-state index contributed by atoms with van der Waals surface area (Å²) < 4.78 is 32.3. The molecule has 8 nitrogen and oxygen atoms in total. The minimum Gasteiger partial charge on any atom is -0.368 e. The molecule has 0 saturated carbocycles. The fraction of sp³-hybridized carbons (Fsp3) is 0.312. The van der Waals surface area contributed by atoms with Gasteiger partial charge < -0.3 is 10.1 Å². The number of aryl methyl sites for hydroxylation is 1. The van der Waals surface area contributed by atoms with Gasteiger partial charge in [0, 0.05) is 24.2 Å². The Labute approximate surface area is 145 Å². The van der Waals surface area contributed by atoms with Crippen LogP contribution in [0.25, 0.3) is 0 Å². The number of amides is 1. The lowest BCUT2D eigenvalue weighted by molar-refractivity contribution is -0.124. The molecule has 2 heterocycles. The van der Waals surface area contributed by atoms with Crippen molar-refractivity contribution in [3.63, 3.8) is 0 Å². The average Bonchev–Trinajstić information content (AvgIpc) is 3.09. The average molecular weight is 362 g/mol. The first-order chi connectivity index (χ1) is 11.9. The molecule has 0 bridgehead atoms. The summed E-state index contributed by atoms with van der Waals surface area (Å²) in [6.07, 6.45) is 2.59. The number of ether oxygens (including phenoxy) is 1. The van der Waals surface area contributed by atoms with Crippen molar-refractivity contribution in [3.8, 4) is 0 Å². The molecule has 25 heavy (non-hydrogen) atoms. The van der Waals surface area contributed by atoms with Crippen molar-refractivity contribution >= 4 is 27.6 Å². The first-order valence-corrected chi connectivity index (χ1v) is 9.27. The van der Waals surface area contributed by atoms with Gasteiger partial charge >= 0.3 is 0 Å². The molecule has 1 amide bonds. The van der Waals surface area contributed by atoms with Crippen LogP contribution >= 0.6 is 0 Å². The molecule has 2 N–H and O–H groups in total. The first-order valence-electron chi connectivity index (χ1n) is 7.79. The van der Waals surface area contributed by atoms with Crippen LogP contribution in [0.4, 0.5) is 11.6 Å². The molecule has 1 aromatic carbocycles. The molecular formula is C16H18N4O4S. The molecule has 3 rings (SSSR count). The largest absolute Gasteiger partial charge is 0.368 e. The molecule has 1 aliphatic rings. The Morgan fingerprint density at radius 2 is 2.00 bits per heavy atom. The minimum absolute atomic E-state index is 0.00996. The van der Waals surface area contributed by atoms with Crippen LogP contribution in [-0.4, -0.2) is 37.0 Å². The first kappa shape index (κ1) is 17.3. The van der Waals surface area contributed by atoms with Gasteiger partial charge in [0.25, 0.3) is 15.9 Å². The molecule has 0 aliphatic carbocycles. The van der Waals surface area contributed by atoms with Gasteiger partial charge in [0.05, 0.1) is 4.90 Å². The van der Waals surface area contributed by atoms with Crippen molar-refractivity contribution in [1.82, 2.24) is 9.97 Å². The van der Waals surface area contributed by atoms with E-state index in [-0.39, 0.29) is 16.8 Å². The third-order valence-electron chi connectivity index (χ3n) is 3.67. The topological polar surface area (TPSA) is 110 Å². The molecule has 2 aromatic rings. The van der Waals surface area contributed by atoms with E-state index in [2.05, 4.69) is 20.0 Å². The number of nitrogens with one attached hydrogen (secondary N) is 2. The summed E-state index contributed by atoms with van der Waals surface area (Å²) in [4.78, 5) is 19.9. The van der Waals surface area contributed by atoms with Crippen molar-refractivity contribution in [2.24, 2.45) is 0 Å². The Hall–Kier alpha value is -2.52. The van der Waals surface area contributed by atoms with Gasteiger partial charge in [0.1, 0.15) is 6.10 Å². The summed E-state index contributed by atoms with van der Waals surface area (Å²) in [5.74, 6) is -0.213. The van der Waals surface area contributed by atoms with Crippen molar-refractivity contribution < 1.29 is 17.9 Å². The highest BCUT2D eigenvalue weighted by Crippen LogP contribution is 2.18. The monoisotopic (exact) mass is 362 g/mol. The third kappa shape index (κ3) is 4.31. The summed E-state index contributed by atoms with van der Waals surface area (Å²) in [5.41, 5.74) is 1.16. The maximum Gasteiger partial charge on any atom is 0.264 e. The second kappa shape index (κ2) is 7.16. The van der Waals surface area contributed by atoms with Gasteiger partial charge in [0.2, 0.25) is 5.95 Å². The van der Waals surface area contributed by atoms with E-state index in [0.717, 1.165) is 6.42 Å². The van der Waals surface area contributed by atoms with Gasteiger partial charge in [-0.05, 0) is 50.1 Å². The molecule has 1 aliphatic heterocycles. The van der Waals surface area contributed by atoms with Gasteiger partial charge in [0.15, 0.2) is 0 Å². The van der Waals surface area contributed by atoms with Crippen LogP contribution in [0, 0.1) is 6.92 Å². The molecule has 1 aromatic heterocycles. The van der Waals surface area contributed by atoms with Crippen LogP contribution in [0.3, 0.4) is 0 Å². The quantitative estimate of drug-likeness (QED) is 0.838. The second-order valence-corrected chi connectivity index (χ2v) is 7.32. The summed E-state index contributed by atoms with van der Waals surface area (Å²) in [6, 6.07) is 7.53. The van der Waals surface area contributed by atoms with E-state index in [1.54, 1.807) is 13.0 Å². The number of aromatic nitrogens is 2. The maximum absolute atomic E-state index is 12.4. The molecule has 1 fully saturated rings. The summed E-state index contributed by atoms with van der Waals surface area (Å²) >= 11 is 0. The Balaban J connectivity index is 1.69.